The maximum atomic E-state index is 5.49. The summed E-state index contributed by atoms with van der Waals surface area (Å²) in [5.74, 6) is 0.612. The quantitative estimate of drug-likeness (QED) is 0.171. The van der Waals surface area contributed by atoms with E-state index in [4.69, 9.17) is 9.97 Å². The molecule has 3 aromatic heterocycles. The van der Waals surface area contributed by atoms with Crippen molar-refractivity contribution in [3.8, 4) is 28.1 Å². The van der Waals surface area contributed by atoms with E-state index in [1.54, 1.807) is 0 Å². The smallest absolute Gasteiger partial charge is 0.235 e. The second-order valence-electron chi connectivity index (χ2n) is 13.8. The van der Waals surface area contributed by atoms with Crippen molar-refractivity contribution in [2.24, 2.45) is 0 Å². The van der Waals surface area contributed by atoms with Gasteiger partial charge in [0.2, 0.25) is 5.95 Å². The second-order valence-corrected chi connectivity index (χ2v) is 14.9. The lowest BCUT2D eigenvalue weighted by Crippen LogP contribution is -2.15. The summed E-state index contributed by atoms with van der Waals surface area (Å²) in [5.41, 5.74) is 10.5. The summed E-state index contributed by atoms with van der Waals surface area (Å²) in [5, 5.41) is 5.88. The van der Waals surface area contributed by atoms with Gasteiger partial charge in [-0.2, -0.15) is 0 Å². The van der Waals surface area contributed by atoms with Crippen molar-refractivity contribution in [3.63, 3.8) is 0 Å². The Morgan fingerprint density at radius 1 is 0.436 bits per heavy atom. The van der Waals surface area contributed by atoms with E-state index in [9.17, 15) is 0 Å². The number of benzene rings is 8. The highest BCUT2D eigenvalue weighted by molar-refractivity contribution is 7.25. The number of hydrogen-bond acceptors (Lipinski definition) is 4. The molecule has 0 amide bonds. The SMILES string of the molecule is c1ccc(-c2cc3c(cc2N(c2ccc4c(c2)c2ccccc2n4-c2ccccc2)c2nc(-c4ccccc4)c4ccccc4n2)sc2ccccc23)cc1. The number of para-hydroxylation sites is 3. The van der Waals surface area contributed by atoms with Crippen molar-refractivity contribution in [2.75, 3.05) is 4.90 Å². The number of aromatic nitrogens is 3. The molecule has 11 aromatic rings. The third kappa shape index (κ3) is 5.20. The van der Waals surface area contributed by atoms with Gasteiger partial charge in [0.1, 0.15) is 0 Å². The molecule has 8 aromatic carbocycles. The normalized spacial score (nSPS) is 11.6. The molecule has 55 heavy (non-hydrogen) atoms. The Bertz CT molecular complexity index is 3200. The van der Waals surface area contributed by atoms with Crippen LogP contribution in [-0.2, 0) is 0 Å². The third-order valence-electron chi connectivity index (χ3n) is 10.6. The average Bonchev–Trinajstić information content (AvgIpc) is 3.79. The number of fused-ring (bicyclic) bond motifs is 7. The van der Waals surface area contributed by atoms with Crippen LogP contribution in [0.4, 0.5) is 17.3 Å². The molecule has 258 valence electrons. The van der Waals surface area contributed by atoms with Gasteiger partial charge in [0.25, 0.3) is 0 Å². The van der Waals surface area contributed by atoms with Crippen LogP contribution >= 0.6 is 11.3 Å². The molecular weight excluding hydrogens is 689 g/mol. The summed E-state index contributed by atoms with van der Waals surface area (Å²) in [7, 11) is 0. The van der Waals surface area contributed by atoms with E-state index in [0.29, 0.717) is 5.95 Å². The number of rotatable bonds is 6. The molecule has 5 heteroatoms. The summed E-state index contributed by atoms with van der Waals surface area (Å²) >= 11 is 1.82. The van der Waals surface area contributed by atoms with Crippen LogP contribution in [0.5, 0.6) is 0 Å². The van der Waals surface area contributed by atoms with Crippen LogP contribution in [0.3, 0.4) is 0 Å². The van der Waals surface area contributed by atoms with E-state index in [1.165, 1.54) is 25.6 Å². The molecule has 3 heterocycles. The molecular formula is C50H32N4S. The van der Waals surface area contributed by atoms with Gasteiger partial charge in [0.05, 0.1) is 27.9 Å². The van der Waals surface area contributed by atoms with Crippen molar-refractivity contribution in [1.82, 2.24) is 14.5 Å². The van der Waals surface area contributed by atoms with Gasteiger partial charge in [-0.1, -0.05) is 133 Å². The first kappa shape index (κ1) is 31.4. The Morgan fingerprint density at radius 2 is 1.07 bits per heavy atom. The monoisotopic (exact) mass is 720 g/mol. The van der Waals surface area contributed by atoms with E-state index in [1.807, 2.05) is 17.4 Å². The molecule has 0 bridgehead atoms. The maximum Gasteiger partial charge on any atom is 0.235 e. The van der Waals surface area contributed by atoms with Crippen molar-refractivity contribution >= 4 is 81.5 Å². The average molecular weight is 721 g/mol. The van der Waals surface area contributed by atoms with Gasteiger partial charge >= 0.3 is 0 Å². The highest BCUT2D eigenvalue weighted by Crippen LogP contribution is 2.47. The summed E-state index contributed by atoms with van der Waals surface area (Å²) < 4.78 is 4.84. The highest BCUT2D eigenvalue weighted by Gasteiger charge is 2.25. The summed E-state index contributed by atoms with van der Waals surface area (Å²) in [6.45, 7) is 0. The molecule has 0 aliphatic heterocycles. The van der Waals surface area contributed by atoms with E-state index in [2.05, 4.69) is 198 Å². The topological polar surface area (TPSA) is 34.0 Å². The minimum absolute atomic E-state index is 0.612. The van der Waals surface area contributed by atoms with Gasteiger partial charge in [0.15, 0.2) is 0 Å². The first-order valence-electron chi connectivity index (χ1n) is 18.5. The second kappa shape index (κ2) is 12.8. The molecule has 4 nitrogen and oxygen atoms in total. The van der Waals surface area contributed by atoms with Crippen LogP contribution < -0.4 is 4.90 Å². The lowest BCUT2D eigenvalue weighted by Gasteiger charge is -2.27. The Labute approximate surface area is 321 Å². The van der Waals surface area contributed by atoms with Gasteiger partial charge in [-0.15, -0.1) is 11.3 Å². The molecule has 0 fully saturated rings. The molecule has 0 saturated heterocycles. The van der Waals surface area contributed by atoms with Crippen molar-refractivity contribution < 1.29 is 0 Å². The Kier molecular flexibility index (Phi) is 7.32. The Morgan fingerprint density at radius 3 is 1.87 bits per heavy atom. The van der Waals surface area contributed by atoms with Crippen LogP contribution in [-0.4, -0.2) is 14.5 Å². The van der Waals surface area contributed by atoms with Gasteiger partial charge < -0.3 is 4.57 Å². The lowest BCUT2D eigenvalue weighted by atomic mass is 9.99. The zero-order valence-electron chi connectivity index (χ0n) is 29.7. The van der Waals surface area contributed by atoms with Crippen LogP contribution in [0.25, 0.3) is 81.0 Å². The Hall–Kier alpha value is -7.08. The first-order chi connectivity index (χ1) is 27.3. The fourth-order valence-corrected chi connectivity index (χ4v) is 9.21. The number of hydrogen-bond donors (Lipinski definition) is 0. The number of anilines is 3. The van der Waals surface area contributed by atoms with Gasteiger partial charge in [-0.05, 0) is 66.2 Å². The summed E-state index contributed by atoms with van der Waals surface area (Å²) in [6.07, 6.45) is 0. The van der Waals surface area contributed by atoms with E-state index >= 15 is 0 Å². The number of nitrogens with zero attached hydrogens (tertiary/aromatic N) is 4. The fourth-order valence-electron chi connectivity index (χ4n) is 8.09. The van der Waals surface area contributed by atoms with E-state index < -0.39 is 0 Å². The predicted octanol–water partition coefficient (Wildman–Crippen LogP) is 13.9. The fraction of sp³-hybridized carbons (Fsp3) is 0. The molecule has 0 unspecified atom stereocenters. The first-order valence-corrected chi connectivity index (χ1v) is 19.3. The lowest BCUT2D eigenvalue weighted by molar-refractivity contribution is 1.11. The molecule has 0 saturated carbocycles. The summed E-state index contributed by atoms with van der Waals surface area (Å²) in [6, 6.07) is 69.0. The van der Waals surface area contributed by atoms with Crippen molar-refractivity contribution in [3.05, 3.63) is 194 Å². The van der Waals surface area contributed by atoms with Crippen LogP contribution in [0.2, 0.25) is 0 Å². The third-order valence-corrected chi connectivity index (χ3v) is 11.7. The van der Waals surface area contributed by atoms with Crippen LogP contribution in [0.1, 0.15) is 0 Å². The largest absolute Gasteiger partial charge is 0.309 e. The van der Waals surface area contributed by atoms with Crippen molar-refractivity contribution in [1.29, 1.82) is 0 Å². The van der Waals surface area contributed by atoms with E-state index in [0.717, 1.165) is 66.8 Å². The molecule has 0 radical (unpaired) electrons. The zero-order chi connectivity index (χ0) is 36.3. The minimum Gasteiger partial charge on any atom is -0.309 e. The van der Waals surface area contributed by atoms with Crippen LogP contribution in [0, 0.1) is 0 Å². The predicted molar refractivity (Wildman–Crippen MR) is 232 cm³/mol. The Balaban J connectivity index is 1.25. The van der Waals surface area contributed by atoms with Gasteiger partial charge in [0, 0.05) is 58.8 Å². The molecule has 11 rings (SSSR count). The highest BCUT2D eigenvalue weighted by atomic mass is 32.1. The standard InChI is InChI=1S/C50H32N4S/c1-4-16-33(17-5-1)40-31-42-38-23-12-15-27-47(38)55-48(42)32-46(40)54(50-51-43-25-13-10-24-39(43)49(52-50)34-18-6-2-7-19-34)36-28-29-45-41(30-36)37-22-11-14-26-44(37)53(45)35-20-8-3-9-21-35/h1-32H. The molecule has 0 N–H and O–H groups in total. The molecule has 0 aliphatic carbocycles. The maximum absolute atomic E-state index is 5.49. The number of thiophene rings is 1. The molecule has 0 spiro atoms. The summed E-state index contributed by atoms with van der Waals surface area (Å²) in [4.78, 5) is 13.1. The van der Waals surface area contributed by atoms with Crippen LogP contribution in [0.15, 0.2) is 194 Å². The van der Waals surface area contributed by atoms with Gasteiger partial charge in [-0.25, -0.2) is 9.97 Å². The molecule has 0 atom stereocenters. The van der Waals surface area contributed by atoms with Crippen molar-refractivity contribution in [2.45, 2.75) is 0 Å². The van der Waals surface area contributed by atoms with E-state index in [-0.39, 0.29) is 0 Å². The minimum atomic E-state index is 0.612. The zero-order valence-corrected chi connectivity index (χ0v) is 30.5. The van der Waals surface area contributed by atoms with Gasteiger partial charge in [-0.3, -0.25) is 4.90 Å². The molecule has 0 aliphatic rings.